The molecule has 0 saturated heterocycles. The highest BCUT2D eigenvalue weighted by Crippen LogP contribution is 2.41. The van der Waals surface area contributed by atoms with Gasteiger partial charge in [0, 0.05) is 12.0 Å². The van der Waals surface area contributed by atoms with Crippen molar-refractivity contribution in [2.75, 3.05) is 6.54 Å². The van der Waals surface area contributed by atoms with Crippen molar-refractivity contribution in [1.29, 1.82) is 0 Å². The molecule has 0 aliphatic heterocycles. The molecule has 0 heterocycles. The average molecular weight is 201 g/mol. The van der Waals surface area contributed by atoms with E-state index >= 15 is 0 Å². The van der Waals surface area contributed by atoms with Gasteiger partial charge in [0.05, 0.1) is 11.7 Å². The molecule has 1 rings (SSSR count). The van der Waals surface area contributed by atoms with E-state index in [4.69, 9.17) is 5.73 Å². The van der Waals surface area contributed by atoms with Crippen molar-refractivity contribution in [3.8, 4) is 0 Å². The molecule has 0 aromatic rings. The maximum atomic E-state index is 9.99. The Morgan fingerprint density at radius 2 is 2.07 bits per heavy atom. The summed E-state index contributed by atoms with van der Waals surface area (Å²) in [6.07, 6.45) is 4.21. The van der Waals surface area contributed by atoms with Crippen molar-refractivity contribution in [3.05, 3.63) is 0 Å². The number of hydrogen-bond donors (Lipinski definition) is 3. The highest BCUT2D eigenvalue weighted by atomic mass is 16.3. The van der Waals surface area contributed by atoms with Gasteiger partial charge >= 0.3 is 0 Å². The molecular weight excluding hydrogens is 178 g/mol. The Morgan fingerprint density at radius 1 is 1.43 bits per heavy atom. The lowest BCUT2D eigenvalue weighted by atomic mass is 9.66. The molecule has 4 N–H and O–H groups in total. The summed E-state index contributed by atoms with van der Waals surface area (Å²) < 4.78 is 0. The van der Waals surface area contributed by atoms with E-state index in [1.807, 2.05) is 0 Å². The van der Waals surface area contributed by atoms with Crippen molar-refractivity contribution in [1.82, 2.24) is 0 Å². The van der Waals surface area contributed by atoms with Crippen molar-refractivity contribution in [2.24, 2.45) is 11.1 Å². The second kappa shape index (κ2) is 4.17. The quantitative estimate of drug-likeness (QED) is 0.639. The van der Waals surface area contributed by atoms with E-state index in [1.54, 1.807) is 13.8 Å². The molecule has 0 spiro atoms. The van der Waals surface area contributed by atoms with E-state index < -0.39 is 5.60 Å². The van der Waals surface area contributed by atoms with Crippen molar-refractivity contribution in [2.45, 2.75) is 57.7 Å². The summed E-state index contributed by atoms with van der Waals surface area (Å²) in [6, 6.07) is 0. The van der Waals surface area contributed by atoms with Gasteiger partial charge in [-0.2, -0.15) is 0 Å². The molecule has 0 aromatic carbocycles. The minimum Gasteiger partial charge on any atom is -0.392 e. The number of rotatable bonds is 3. The van der Waals surface area contributed by atoms with Crippen molar-refractivity contribution >= 4 is 0 Å². The third-order valence-corrected chi connectivity index (χ3v) is 3.30. The smallest absolute Gasteiger partial charge is 0.0609 e. The van der Waals surface area contributed by atoms with Crippen molar-refractivity contribution < 1.29 is 10.2 Å². The maximum Gasteiger partial charge on any atom is 0.0609 e. The molecular formula is C11H23NO2. The van der Waals surface area contributed by atoms with Gasteiger partial charge in [-0.25, -0.2) is 0 Å². The molecule has 3 nitrogen and oxygen atoms in total. The lowest BCUT2D eigenvalue weighted by Crippen LogP contribution is -2.48. The number of aliphatic hydroxyl groups is 2. The van der Waals surface area contributed by atoms with E-state index in [9.17, 15) is 10.2 Å². The van der Waals surface area contributed by atoms with Gasteiger partial charge in [0.25, 0.3) is 0 Å². The normalized spacial score (nSPS) is 34.5. The molecule has 2 unspecified atom stereocenters. The summed E-state index contributed by atoms with van der Waals surface area (Å²) >= 11 is 0. The lowest BCUT2D eigenvalue weighted by Gasteiger charge is -2.43. The topological polar surface area (TPSA) is 66.5 Å². The first-order valence-electron chi connectivity index (χ1n) is 5.50. The summed E-state index contributed by atoms with van der Waals surface area (Å²) in [5.74, 6) is 0. The zero-order valence-electron chi connectivity index (χ0n) is 9.29. The summed E-state index contributed by atoms with van der Waals surface area (Å²) in [4.78, 5) is 0. The average Bonchev–Trinajstić information content (AvgIpc) is 2.07. The largest absolute Gasteiger partial charge is 0.392 e. The molecule has 1 aliphatic rings. The van der Waals surface area contributed by atoms with Crippen LogP contribution in [0.15, 0.2) is 0 Å². The number of hydrogen-bond acceptors (Lipinski definition) is 3. The molecule has 0 amide bonds. The highest BCUT2D eigenvalue weighted by Gasteiger charge is 2.41. The molecule has 1 saturated carbocycles. The van der Waals surface area contributed by atoms with Gasteiger partial charge in [-0.15, -0.1) is 0 Å². The van der Waals surface area contributed by atoms with Gasteiger partial charge in [-0.3, -0.25) is 0 Å². The first-order chi connectivity index (χ1) is 6.40. The van der Waals surface area contributed by atoms with Gasteiger partial charge < -0.3 is 15.9 Å². The minimum atomic E-state index is -0.738. The zero-order valence-corrected chi connectivity index (χ0v) is 9.29. The fourth-order valence-corrected chi connectivity index (χ4v) is 2.67. The monoisotopic (exact) mass is 201 g/mol. The summed E-state index contributed by atoms with van der Waals surface area (Å²) in [5, 5.41) is 19.8. The van der Waals surface area contributed by atoms with E-state index in [0.717, 1.165) is 25.7 Å². The number of aliphatic hydroxyl groups excluding tert-OH is 1. The van der Waals surface area contributed by atoms with Crippen molar-refractivity contribution in [3.63, 3.8) is 0 Å². The van der Waals surface area contributed by atoms with Gasteiger partial charge in [0.1, 0.15) is 0 Å². The summed E-state index contributed by atoms with van der Waals surface area (Å²) in [6.45, 7) is 4.04. The van der Waals surface area contributed by atoms with Crippen LogP contribution >= 0.6 is 0 Å². The molecule has 0 aromatic heterocycles. The lowest BCUT2D eigenvalue weighted by molar-refractivity contribution is -0.0632. The molecule has 84 valence electrons. The predicted octanol–water partition coefficient (Wildman–Crippen LogP) is 1.03. The SMILES string of the molecule is CC(C)(O)CC1(CN)CCCCC1O. The molecule has 0 radical (unpaired) electrons. The first kappa shape index (κ1) is 12.0. The predicted molar refractivity (Wildman–Crippen MR) is 56.9 cm³/mol. The van der Waals surface area contributed by atoms with E-state index in [1.165, 1.54) is 0 Å². The van der Waals surface area contributed by atoms with Crippen LogP contribution in [0.5, 0.6) is 0 Å². The van der Waals surface area contributed by atoms with Gasteiger partial charge in [0.15, 0.2) is 0 Å². The summed E-state index contributed by atoms with van der Waals surface area (Å²) in [7, 11) is 0. The zero-order chi connectivity index (χ0) is 10.8. The van der Waals surface area contributed by atoms with Crippen LogP contribution < -0.4 is 5.73 Å². The Bertz CT molecular complexity index is 188. The van der Waals surface area contributed by atoms with E-state index in [-0.39, 0.29) is 11.5 Å². The van der Waals surface area contributed by atoms with Gasteiger partial charge in [0.2, 0.25) is 0 Å². The van der Waals surface area contributed by atoms with Crippen LogP contribution in [0.1, 0.15) is 46.0 Å². The van der Waals surface area contributed by atoms with Crippen LogP contribution in [0.4, 0.5) is 0 Å². The highest BCUT2D eigenvalue weighted by molar-refractivity contribution is 4.94. The van der Waals surface area contributed by atoms with Crippen LogP contribution in [-0.4, -0.2) is 28.5 Å². The molecule has 14 heavy (non-hydrogen) atoms. The molecule has 1 aliphatic carbocycles. The molecule has 1 fully saturated rings. The Labute approximate surface area is 86.3 Å². The second-order valence-electron chi connectivity index (χ2n) is 5.32. The third-order valence-electron chi connectivity index (χ3n) is 3.30. The maximum absolute atomic E-state index is 9.99. The van der Waals surface area contributed by atoms with Crippen LogP contribution in [0.3, 0.4) is 0 Å². The standard InChI is InChI=1S/C11H23NO2/c1-10(2,14)7-11(8-12)6-4-3-5-9(11)13/h9,13-14H,3-8,12H2,1-2H3. The summed E-state index contributed by atoms with van der Waals surface area (Å²) in [5.41, 5.74) is 4.77. The second-order valence-corrected chi connectivity index (χ2v) is 5.32. The Morgan fingerprint density at radius 3 is 2.50 bits per heavy atom. The molecule has 3 heteroatoms. The first-order valence-corrected chi connectivity index (χ1v) is 5.50. The van der Waals surface area contributed by atoms with Crippen LogP contribution in [0.2, 0.25) is 0 Å². The third kappa shape index (κ3) is 2.69. The Hall–Kier alpha value is -0.120. The molecule has 0 bridgehead atoms. The van der Waals surface area contributed by atoms with E-state index in [0.29, 0.717) is 13.0 Å². The minimum absolute atomic E-state index is 0.253. The van der Waals surface area contributed by atoms with Gasteiger partial charge in [-0.1, -0.05) is 12.8 Å². The van der Waals surface area contributed by atoms with E-state index in [2.05, 4.69) is 0 Å². The Balaban J connectivity index is 2.73. The van der Waals surface area contributed by atoms with Crippen LogP contribution in [-0.2, 0) is 0 Å². The van der Waals surface area contributed by atoms with Crippen LogP contribution in [0.25, 0.3) is 0 Å². The molecule has 2 atom stereocenters. The fraction of sp³-hybridized carbons (Fsp3) is 1.00. The van der Waals surface area contributed by atoms with Gasteiger partial charge in [-0.05, 0) is 33.1 Å². The van der Waals surface area contributed by atoms with Crippen LogP contribution in [0, 0.1) is 5.41 Å². The fourth-order valence-electron chi connectivity index (χ4n) is 2.67. The Kier molecular flexibility index (Phi) is 3.56. The number of nitrogens with two attached hydrogens (primary N) is 1.